The van der Waals surface area contributed by atoms with Gasteiger partial charge in [0, 0.05) is 30.6 Å². The van der Waals surface area contributed by atoms with E-state index in [0.29, 0.717) is 0 Å². The fourth-order valence-electron chi connectivity index (χ4n) is 2.13. The Morgan fingerprint density at radius 3 is 2.94 bits per heavy atom. The molecule has 1 aromatic heterocycles. The molecule has 1 aliphatic carbocycles. The molecule has 0 amide bonds. The fraction of sp³-hybridized carbons (Fsp3) is 0.714. The maximum absolute atomic E-state index is 3.55. The van der Waals surface area contributed by atoms with Gasteiger partial charge in [0.25, 0.3) is 0 Å². The molecule has 17 heavy (non-hydrogen) atoms. The molecular formula is C14H24N2S. The highest BCUT2D eigenvalue weighted by molar-refractivity contribution is 7.09. The van der Waals surface area contributed by atoms with Crippen molar-refractivity contribution in [1.82, 2.24) is 10.2 Å². The number of hydrogen-bond donors (Lipinski definition) is 1. The molecule has 0 radical (unpaired) electrons. The maximum Gasteiger partial charge on any atom is 0.0300 e. The molecule has 2 rings (SSSR count). The van der Waals surface area contributed by atoms with Gasteiger partial charge in [-0.2, -0.15) is 0 Å². The molecule has 0 saturated heterocycles. The summed E-state index contributed by atoms with van der Waals surface area (Å²) in [5.41, 5.74) is 0. The Balaban J connectivity index is 1.58. The zero-order valence-electron chi connectivity index (χ0n) is 10.8. The Kier molecular flexibility index (Phi) is 5.49. The maximum atomic E-state index is 3.55. The normalized spacial score (nSPS) is 15.6. The summed E-state index contributed by atoms with van der Waals surface area (Å²) in [6, 6.07) is 5.23. The minimum absolute atomic E-state index is 0.907. The number of nitrogens with one attached hydrogen (secondary N) is 1. The zero-order chi connectivity index (χ0) is 11.9. The van der Waals surface area contributed by atoms with Gasteiger partial charge in [0.15, 0.2) is 0 Å². The quantitative estimate of drug-likeness (QED) is 0.679. The van der Waals surface area contributed by atoms with Crippen molar-refractivity contribution in [2.24, 2.45) is 0 Å². The molecule has 0 unspecified atom stereocenters. The summed E-state index contributed by atoms with van der Waals surface area (Å²) in [6.45, 7) is 6.94. The van der Waals surface area contributed by atoms with Crippen LogP contribution in [0, 0.1) is 0 Å². The van der Waals surface area contributed by atoms with E-state index < -0.39 is 0 Å². The standard InChI is InChI=1S/C14H24N2S/c1-2-3-9-16(13-6-7-13)10-8-15-12-14-5-4-11-17-14/h4-5,11,13,15H,2-3,6-10,12H2,1H3. The van der Waals surface area contributed by atoms with Crippen LogP contribution in [0.1, 0.15) is 37.5 Å². The van der Waals surface area contributed by atoms with E-state index in [1.54, 1.807) is 0 Å². The van der Waals surface area contributed by atoms with Crippen LogP contribution in [0.15, 0.2) is 17.5 Å². The second-order valence-corrected chi connectivity index (χ2v) is 5.91. The van der Waals surface area contributed by atoms with Gasteiger partial charge in [0.1, 0.15) is 0 Å². The molecule has 3 heteroatoms. The van der Waals surface area contributed by atoms with Gasteiger partial charge in [-0.1, -0.05) is 19.4 Å². The summed E-state index contributed by atoms with van der Waals surface area (Å²) in [4.78, 5) is 4.11. The Morgan fingerprint density at radius 1 is 1.41 bits per heavy atom. The van der Waals surface area contributed by atoms with Gasteiger partial charge >= 0.3 is 0 Å². The molecule has 2 nitrogen and oxygen atoms in total. The minimum Gasteiger partial charge on any atom is -0.311 e. The average molecular weight is 252 g/mol. The predicted octanol–water partition coefficient (Wildman–Crippen LogP) is 3.10. The third-order valence-electron chi connectivity index (χ3n) is 3.32. The molecule has 0 spiro atoms. The van der Waals surface area contributed by atoms with Crippen molar-refractivity contribution in [2.45, 2.75) is 45.2 Å². The van der Waals surface area contributed by atoms with E-state index in [2.05, 4.69) is 34.7 Å². The van der Waals surface area contributed by atoms with Crippen LogP contribution in [0.25, 0.3) is 0 Å². The van der Waals surface area contributed by atoms with Gasteiger partial charge < -0.3 is 5.32 Å². The van der Waals surface area contributed by atoms with Crippen molar-refractivity contribution in [3.63, 3.8) is 0 Å². The average Bonchev–Trinajstić information content (AvgIpc) is 3.05. The smallest absolute Gasteiger partial charge is 0.0300 e. The van der Waals surface area contributed by atoms with Crippen LogP contribution in [-0.2, 0) is 6.54 Å². The van der Waals surface area contributed by atoms with Crippen LogP contribution in [-0.4, -0.2) is 30.6 Å². The molecule has 0 aromatic carbocycles. The molecule has 1 aliphatic rings. The number of nitrogens with zero attached hydrogens (tertiary/aromatic N) is 1. The molecule has 1 N–H and O–H groups in total. The first-order valence-electron chi connectivity index (χ1n) is 6.87. The van der Waals surface area contributed by atoms with E-state index in [9.17, 15) is 0 Å². The minimum atomic E-state index is 0.907. The van der Waals surface area contributed by atoms with Crippen LogP contribution in [0.4, 0.5) is 0 Å². The Hall–Kier alpha value is -0.380. The zero-order valence-corrected chi connectivity index (χ0v) is 11.6. The predicted molar refractivity (Wildman–Crippen MR) is 75.5 cm³/mol. The summed E-state index contributed by atoms with van der Waals surface area (Å²) in [5, 5.41) is 5.69. The van der Waals surface area contributed by atoms with Gasteiger partial charge in [-0.25, -0.2) is 0 Å². The van der Waals surface area contributed by atoms with E-state index in [1.165, 1.54) is 43.6 Å². The first-order valence-corrected chi connectivity index (χ1v) is 7.75. The highest BCUT2D eigenvalue weighted by atomic mass is 32.1. The summed E-state index contributed by atoms with van der Waals surface area (Å²) < 4.78 is 0. The van der Waals surface area contributed by atoms with Crippen LogP contribution >= 0.6 is 11.3 Å². The molecule has 96 valence electrons. The van der Waals surface area contributed by atoms with Crippen molar-refractivity contribution >= 4 is 11.3 Å². The van der Waals surface area contributed by atoms with E-state index in [-0.39, 0.29) is 0 Å². The van der Waals surface area contributed by atoms with Crippen molar-refractivity contribution in [2.75, 3.05) is 19.6 Å². The summed E-state index contributed by atoms with van der Waals surface area (Å²) in [6.07, 6.45) is 5.51. The highest BCUT2D eigenvalue weighted by Gasteiger charge is 2.27. The Morgan fingerprint density at radius 2 is 2.29 bits per heavy atom. The number of rotatable bonds is 9. The lowest BCUT2D eigenvalue weighted by atomic mass is 10.3. The lowest BCUT2D eigenvalue weighted by Crippen LogP contribution is -2.34. The lowest BCUT2D eigenvalue weighted by molar-refractivity contribution is 0.259. The molecule has 0 bridgehead atoms. The van der Waals surface area contributed by atoms with Crippen molar-refractivity contribution in [3.05, 3.63) is 22.4 Å². The Bertz CT molecular complexity index is 293. The van der Waals surface area contributed by atoms with Gasteiger partial charge in [0.2, 0.25) is 0 Å². The lowest BCUT2D eigenvalue weighted by Gasteiger charge is -2.21. The summed E-state index contributed by atoms with van der Waals surface area (Å²) in [5.74, 6) is 0. The van der Waals surface area contributed by atoms with E-state index in [4.69, 9.17) is 0 Å². The first kappa shape index (κ1) is 13.1. The molecule has 1 aromatic rings. The van der Waals surface area contributed by atoms with Crippen molar-refractivity contribution in [1.29, 1.82) is 0 Å². The van der Waals surface area contributed by atoms with Crippen LogP contribution in [0.5, 0.6) is 0 Å². The van der Waals surface area contributed by atoms with E-state index in [1.807, 2.05) is 11.3 Å². The van der Waals surface area contributed by atoms with Gasteiger partial charge in [-0.15, -0.1) is 11.3 Å². The second-order valence-electron chi connectivity index (χ2n) is 4.88. The number of unbranched alkanes of at least 4 members (excludes halogenated alkanes) is 1. The van der Waals surface area contributed by atoms with Crippen LogP contribution in [0.3, 0.4) is 0 Å². The monoisotopic (exact) mass is 252 g/mol. The summed E-state index contributed by atoms with van der Waals surface area (Å²) >= 11 is 1.84. The van der Waals surface area contributed by atoms with Gasteiger partial charge in [-0.3, -0.25) is 4.90 Å². The summed E-state index contributed by atoms with van der Waals surface area (Å²) in [7, 11) is 0. The third-order valence-corrected chi connectivity index (χ3v) is 4.19. The van der Waals surface area contributed by atoms with Crippen LogP contribution in [0.2, 0.25) is 0 Å². The van der Waals surface area contributed by atoms with Gasteiger partial charge in [0.05, 0.1) is 0 Å². The largest absolute Gasteiger partial charge is 0.311 e. The van der Waals surface area contributed by atoms with Crippen molar-refractivity contribution < 1.29 is 0 Å². The topological polar surface area (TPSA) is 15.3 Å². The van der Waals surface area contributed by atoms with E-state index >= 15 is 0 Å². The second kappa shape index (κ2) is 7.14. The number of thiophene rings is 1. The third kappa shape index (κ3) is 4.78. The molecule has 1 saturated carbocycles. The van der Waals surface area contributed by atoms with Crippen molar-refractivity contribution in [3.8, 4) is 0 Å². The highest BCUT2D eigenvalue weighted by Crippen LogP contribution is 2.26. The fourth-order valence-corrected chi connectivity index (χ4v) is 2.80. The first-order chi connectivity index (χ1) is 8.40. The molecule has 0 aliphatic heterocycles. The van der Waals surface area contributed by atoms with Gasteiger partial charge in [-0.05, 0) is 37.3 Å². The molecule has 0 atom stereocenters. The Labute approximate surface area is 109 Å². The van der Waals surface area contributed by atoms with Crippen LogP contribution < -0.4 is 5.32 Å². The molecule has 1 heterocycles. The molecular weight excluding hydrogens is 228 g/mol. The molecule has 1 fully saturated rings. The van der Waals surface area contributed by atoms with E-state index in [0.717, 1.165) is 19.1 Å². The SMILES string of the molecule is CCCCN(CCNCc1cccs1)C1CC1. The number of hydrogen-bond acceptors (Lipinski definition) is 3.